The topological polar surface area (TPSA) is 132 Å². The van der Waals surface area contributed by atoms with E-state index < -0.39 is 16.5 Å². The van der Waals surface area contributed by atoms with Gasteiger partial charge in [-0.15, -0.1) is 10.2 Å². The van der Waals surface area contributed by atoms with Crippen molar-refractivity contribution < 1.29 is 14.3 Å². The number of nitrogens with one attached hydrogen (secondary N) is 2. The van der Waals surface area contributed by atoms with E-state index in [0.29, 0.717) is 22.4 Å². The number of hydrogen-bond acceptors (Lipinski definition) is 8. The fourth-order valence-corrected chi connectivity index (χ4v) is 3.55. The highest BCUT2D eigenvalue weighted by molar-refractivity contribution is 8.00. The lowest BCUT2D eigenvalue weighted by Crippen LogP contribution is -2.23. The van der Waals surface area contributed by atoms with E-state index in [1.165, 1.54) is 24.9 Å². The second-order valence-corrected chi connectivity index (χ2v) is 7.31. The number of carbonyl (C=O) groups is 1. The molecule has 0 aliphatic carbocycles. The maximum atomic E-state index is 11.8. The van der Waals surface area contributed by atoms with Gasteiger partial charge in [-0.2, -0.15) is 0 Å². The fourth-order valence-electron chi connectivity index (χ4n) is 2.64. The Morgan fingerprint density at radius 1 is 1.17 bits per heavy atom. The van der Waals surface area contributed by atoms with Gasteiger partial charge in [0, 0.05) is 23.9 Å². The molecule has 0 unspecified atom stereocenters. The number of esters is 1. The molecular formula is C18H19N5O5S. The molecule has 0 bridgehead atoms. The monoisotopic (exact) mass is 417 g/mol. The van der Waals surface area contributed by atoms with E-state index in [4.69, 9.17) is 9.47 Å². The zero-order chi connectivity index (χ0) is 21.0. The molecule has 0 spiro atoms. The van der Waals surface area contributed by atoms with E-state index in [1.54, 1.807) is 30.7 Å². The van der Waals surface area contributed by atoms with Gasteiger partial charge in [0.25, 0.3) is 5.56 Å². The lowest BCUT2D eigenvalue weighted by atomic mass is 10.2. The Labute approximate surface area is 169 Å². The molecule has 11 heteroatoms. The van der Waals surface area contributed by atoms with Crippen LogP contribution in [0.15, 0.2) is 45.1 Å². The zero-order valence-corrected chi connectivity index (χ0v) is 16.8. The van der Waals surface area contributed by atoms with Crippen molar-refractivity contribution in [2.75, 3.05) is 14.2 Å². The van der Waals surface area contributed by atoms with Crippen molar-refractivity contribution in [3.8, 4) is 11.4 Å². The van der Waals surface area contributed by atoms with E-state index in [1.807, 2.05) is 12.1 Å². The standard InChI is InChI=1S/C18H19N5O5S/c1-10(16(25)28-3)29-18-22-21-14(8-11-9-15(24)20-17(26)19-11)23(18)12-4-6-13(27-2)7-5-12/h4-7,9-10H,8H2,1-3H3,(H2,19,20,24,26)/t10-/m0/s1. The number of ether oxygens (including phenoxy) is 2. The first-order chi connectivity index (χ1) is 13.9. The van der Waals surface area contributed by atoms with Crippen LogP contribution in [0.1, 0.15) is 18.4 Å². The molecule has 0 fully saturated rings. The average molecular weight is 417 g/mol. The maximum absolute atomic E-state index is 11.8. The minimum Gasteiger partial charge on any atom is -0.497 e. The van der Waals surface area contributed by atoms with Crippen molar-refractivity contribution in [1.82, 2.24) is 24.7 Å². The highest BCUT2D eigenvalue weighted by Gasteiger charge is 2.22. The van der Waals surface area contributed by atoms with E-state index in [-0.39, 0.29) is 12.4 Å². The van der Waals surface area contributed by atoms with Gasteiger partial charge in [0.05, 0.1) is 14.2 Å². The molecule has 1 aromatic carbocycles. The van der Waals surface area contributed by atoms with Crippen molar-refractivity contribution in [3.63, 3.8) is 0 Å². The van der Waals surface area contributed by atoms with Crippen LogP contribution in [0.4, 0.5) is 0 Å². The van der Waals surface area contributed by atoms with Crippen molar-refractivity contribution in [2.45, 2.75) is 23.8 Å². The first-order valence-corrected chi connectivity index (χ1v) is 9.45. The fraction of sp³-hybridized carbons (Fsp3) is 0.278. The number of carbonyl (C=O) groups excluding carboxylic acids is 1. The van der Waals surface area contributed by atoms with Gasteiger partial charge in [-0.05, 0) is 31.2 Å². The normalized spacial score (nSPS) is 11.8. The molecule has 0 saturated heterocycles. The molecular weight excluding hydrogens is 398 g/mol. The summed E-state index contributed by atoms with van der Waals surface area (Å²) in [4.78, 5) is 39.7. The number of rotatable bonds is 7. The minimum absolute atomic E-state index is 0.158. The smallest absolute Gasteiger partial charge is 0.325 e. The van der Waals surface area contributed by atoms with E-state index in [0.717, 1.165) is 5.69 Å². The Kier molecular flexibility index (Phi) is 6.17. The molecule has 2 heterocycles. The zero-order valence-electron chi connectivity index (χ0n) is 16.0. The second kappa shape index (κ2) is 8.78. The van der Waals surface area contributed by atoms with Gasteiger partial charge in [0.1, 0.15) is 16.8 Å². The van der Waals surface area contributed by atoms with Crippen LogP contribution in [0, 0.1) is 0 Å². The summed E-state index contributed by atoms with van der Waals surface area (Å²) in [7, 11) is 2.89. The van der Waals surface area contributed by atoms with Gasteiger partial charge in [-0.1, -0.05) is 11.8 Å². The third kappa shape index (κ3) is 4.74. The Balaban J connectivity index is 2.04. The van der Waals surface area contributed by atoms with Crippen LogP contribution in [0.3, 0.4) is 0 Å². The first-order valence-electron chi connectivity index (χ1n) is 8.57. The number of hydrogen-bond donors (Lipinski definition) is 2. The number of aromatic nitrogens is 5. The molecule has 0 amide bonds. The quantitative estimate of drug-likeness (QED) is 0.428. The number of benzene rings is 1. The van der Waals surface area contributed by atoms with Crippen LogP contribution in [0.5, 0.6) is 5.75 Å². The lowest BCUT2D eigenvalue weighted by Gasteiger charge is -2.13. The average Bonchev–Trinajstić information content (AvgIpc) is 3.08. The highest BCUT2D eigenvalue weighted by atomic mass is 32.2. The summed E-state index contributed by atoms with van der Waals surface area (Å²) in [5, 5.41) is 8.36. The van der Waals surface area contributed by atoms with E-state index >= 15 is 0 Å². The maximum Gasteiger partial charge on any atom is 0.325 e. The molecule has 3 rings (SSSR count). The van der Waals surface area contributed by atoms with Gasteiger partial charge in [0.15, 0.2) is 5.16 Å². The summed E-state index contributed by atoms with van der Waals surface area (Å²) in [6, 6.07) is 8.50. The van der Waals surface area contributed by atoms with Crippen LogP contribution < -0.4 is 16.0 Å². The molecule has 1 atom stereocenters. The van der Waals surface area contributed by atoms with Crippen LogP contribution in [0.2, 0.25) is 0 Å². The van der Waals surface area contributed by atoms with Gasteiger partial charge in [-0.3, -0.25) is 19.1 Å². The molecule has 0 aliphatic rings. The van der Waals surface area contributed by atoms with Crippen molar-refractivity contribution in [3.05, 3.63) is 62.7 Å². The Hall–Kier alpha value is -3.34. The summed E-state index contributed by atoms with van der Waals surface area (Å²) < 4.78 is 11.7. The Morgan fingerprint density at radius 3 is 2.52 bits per heavy atom. The van der Waals surface area contributed by atoms with Crippen molar-refractivity contribution in [1.29, 1.82) is 0 Å². The van der Waals surface area contributed by atoms with Gasteiger partial charge in [0.2, 0.25) is 0 Å². The van der Waals surface area contributed by atoms with Gasteiger partial charge < -0.3 is 14.5 Å². The highest BCUT2D eigenvalue weighted by Crippen LogP contribution is 2.27. The summed E-state index contributed by atoms with van der Waals surface area (Å²) in [6.07, 6.45) is 0.158. The number of H-pyrrole nitrogens is 2. The molecule has 0 saturated carbocycles. The lowest BCUT2D eigenvalue weighted by molar-refractivity contribution is -0.139. The minimum atomic E-state index is -0.600. The largest absolute Gasteiger partial charge is 0.497 e. The Bertz CT molecular complexity index is 1090. The first kappa shape index (κ1) is 20.4. The molecule has 3 aromatic rings. The third-order valence-corrected chi connectivity index (χ3v) is 5.03. The van der Waals surface area contributed by atoms with Crippen LogP contribution in [0.25, 0.3) is 5.69 Å². The van der Waals surface area contributed by atoms with E-state index in [2.05, 4.69) is 20.2 Å². The SMILES string of the molecule is COC(=O)[C@H](C)Sc1nnc(Cc2cc(=O)[nH]c(=O)[nH]2)n1-c1ccc(OC)cc1. The summed E-state index contributed by atoms with van der Waals surface area (Å²) in [5.41, 5.74) is 0.0149. The predicted octanol–water partition coefficient (Wildman–Crippen LogP) is 0.897. The molecule has 10 nitrogen and oxygen atoms in total. The predicted molar refractivity (Wildman–Crippen MR) is 106 cm³/mol. The number of methoxy groups -OCH3 is 2. The second-order valence-electron chi connectivity index (χ2n) is 6.01. The van der Waals surface area contributed by atoms with Crippen LogP contribution >= 0.6 is 11.8 Å². The molecule has 2 N–H and O–H groups in total. The summed E-state index contributed by atoms with van der Waals surface area (Å²) in [6.45, 7) is 1.71. The van der Waals surface area contributed by atoms with Gasteiger partial charge in [-0.25, -0.2) is 4.79 Å². The van der Waals surface area contributed by atoms with Crippen LogP contribution in [-0.4, -0.2) is 50.2 Å². The molecule has 29 heavy (non-hydrogen) atoms. The van der Waals surface area contributed by atoms with Gasteiger partial charge >= 0.3 is 11.7 Å². The number of nitrogens with zero attached hydrogens (tertiary/aromatic N) is 3. The van der Waals surface area contributed by atoms with Crippen molar-refractivity contribution >= 4 is 17.7 Å². The number of aromatic amines is 2. The number of thioether (sulfide) groups is 1. The molecule has 2 aromatic heterocycles. The van der Waals surface area contributed by atoms with Crippen LogP contribution in [-0.2, 0) is 16.0 Å². The molecule has 152 valence electrons. The third-order valence-electron chi connectivity index (χ3n) is 4.01. The van der Waals surface area contributed by atoms with E-state index in [9.17, 15) is 14.4 Å². The Morgan fingerprint density at radius 2 is 1.90 bits per heavy atom. The molecule has 0 aliphatic heterocycles. The molecule has 0 radical (unpaired) electrons. The summed E-state index contributed by atoms with van der Waals surface area (Å²) in [5.74, 6) is 0.773. The van der Waals surface area contributed by atoms with Crippen molar-refractivity contribution in [2.24, 2.45) is 0 Å². The summed E-state index contributed by atoms with van der Waals surface area (Å²) >= 11 is 1.19.